The molecular formula is C14H11ClFN3S. The summed E-state index contributed by atoms with van der Waals surface area (Å²) in [5.74, 6) is 0.300. The lowest BCUT2D eigenvalue weighted by molar-refractivity contribution is 0.628. The molecule has 0 bridgehead atoms. The second-order valence-corrected chi connectivity index (χ2v) is 6.07. The zero-order valence-corrected chi connectivity index (χ0v) is 12.4. The van der Waals surface area contributed by atoms with Gasteiger partial charge >= 0.3 is 0 Å². The van der Waals surface area contributed by atoms with Crippen LogP contribution in [0.1, 0.15) is 10.4 Å². The van der Waals surface area contributed by atoms with Crippen LogP contribution in [0.5, 0.6) is 0 Å². The standard InChI is InChI=1S/C14H11ClFN3S/c1-7-3-4-9(16)6-11(7)17-12-10-5-8(2)20-13(10)19-14(15)18-12/h3-6H,1-2H3,(H,17,18,19). The molecule has 0 amide bonds. The molecule has 0 fully saturated rings. The van der Waals surface area contributed by atoms with E-state index in [4.69, 9.17) is 11.6 Å². The zero-order valence-electron chi connectivity index (χ0n) is 10.9. The Labute approximate surface area is 124 Å². The number of fused-ring (bicyclic) bond motifs is 1. The predicted octanol–water partition coefficient (Wildman–Crippen LogP) is 4.84. The molecule has 0 unspecified atom stereocenters. The van der Waals surface area contributed by atoms with Crippen molar-refractivity contribution in [1.82, 2.24) is 9.97 Å². The summed E-state index contributed by atoms with van der Waals surface area (Å²) in [6.45, 7) is 3.90. The van der Waals surface area contributed by atoms with Gasteiger partial charge in [0, 0.05) is 10.6 Å². The van der Waals surface area contributed by atoms with E-state index in [0.717, 1.165) is 20.7 Å². The van der Waals surface area contributed by atoms with Crippen LogP contribution in [0.2, 0.25) is 5.28 Å². The van der Waals surface area contributed by atoms with Crippen LogP contribution >= 0.6 is 22.9 Å². The number of hydrogen-bond acceptors (Lipinski definition) is 4. The molecule has 0 aliphatic carbocycles. The summed E-state index contributed by atoms with van der Waals surface area (Å²) >= 11 is 7.49. The fourth-order valence-electron chi connectivity index (χ4n) is 1.97. The highest BCUT2D eigenvalue weighted by molar-refractivity contribution is 7.18. The van der Waals surface area contributed by atoms with Gasteiger partial charge in [-0.15, -0.1) is 11.3 Å². The zero-order chi connectivity index (χ0) is 14.3. The average Bonchev–Trinajstić information content (AvgIpc) is 2.74. The van der Waals surface area contributed by atoms with Crippen LogP contribution in [0.3, 0.4) is 0 Å². The quantitative estimate of drug-likeness (QED) is 0.688. The maximum Gasteiger partial charge on any atom is 0.225 e. The lowest BCUT2D eigenvalue weighted by Crippen LogP contribution is -1.98. The van der Waals surface area contributed by atoms with Gasteiger partial charge in [-0.25, -0.2) is 9.37 Å². The van der Waals surface area contributed by atoms with Crippen LogP contribution in [0.25, 0.3) is 10.2 Å². The maximum atomic E-state index is 13.4. The van der Waals surface area contributed by atoms with Gasteiger partial charge in [0.25, 0.3) is 0 Å². The first-order valence-electron chi connectivity index (χ1n) is 6.00. The lowest BCUT2D eigenvalue weighted by atomic mass is 10.2. The van der Waals surface area contributed by atoms with Crippen molar-refractivity contribution in [3.8, 4) is 0 Å². The Morgan fingerprint density at radius 1 is 1.20 bits per heavy atom. The molecule has 2 heterocycles. The van der Waals surface area contributed by atoms with E-state index < -0.39 is 0 Å². The number of anilines is 2. The van der Waals surface area contributed by atoms with Gasteiger partial charge in [-0.2, -0.15) is 4.98 Å². The lowest BCUT2D eigenvalue weighted by Gasteiger charge is -2.10. The minimum Gasteiger partial charge on any atom is -0.339 e. The van der Waals surface area contributed by atoms with Gasteiger partial charge in [0.15, 0.2) is 0 Å². The summed E-state index contributed by atoms with van der Waals surface area (Å²) in [4.78, 5) is 10.3. The summed E-state index contributed by atoms with van der Waals surface area (Å²) in [6.07, 6.45) is 0. The van der Waals surface area contributed by atoms with E-state index in [1.54, 1.807) is 17.4 Å². The smallest absolute Gasteiger partial charge is 0.225 e. The molecule has 0 atom stereocenters. The average molecular weight is 308 g/mol. The third-order valence-electron chi connectivity index (χ3n) is 2.94. The molecule has 3 rings (SSSR count). The number of benzene rings is 1. The van der Waals surface area contributed by atoms with Crippen molar-refractivity contribution >= 4 is 44.7 Å². The Morgan fingerprint density at radius 2 is 2.00 bits per heavy atom. The molecule has 6 heteroatoms. The van der Waals surface area contributed by atoms with Crippen LogP contribution in [0.15, 0.2) is 24.3 Å². The number of thiophene rings is 1. The normalized spacial score (nSPS) is 11.0. The molecule has 102 valence electrons. The first kappa shape index (κ1) is 13.3. The van der Waals surface area contributed by atoms with Gasteiger partial charge in [0.2, 0.25) is 5.28 Å². The van der Waals surface area contributed by atoms with Gasteiger partial charge in [-0.3, -0.25) is 0 Å². The summed E-state index contributed by atoms with van der Waals surface area (Å²) in [6, 6.07) is 6.58. The summed E-state index contributed by atoms with van der Waals surface area (Å²) in [7, 11) is 0. The Hall–Kier alpha value is -1.72. The highest BCUT2D eigenvalue weighted by atomic mass is 35.5. The van der Waals surface area contributed by atoms with E-state index in [1.807, 2.05) is 19.9 Å². The van der Waals surface area contributed by atoms with E-state index in [-0.39, 0.29) is 11.1 Å². The van der Waals surface area contributed by atoms with Crippen LogP contribution in [0.4, 0.5) is 15.9 Å². The predicted molar refractivity (Wildman–Crippen MR) is 81.6 cm³/mol. The highest BCUT2D eigenvalue weighted by Crippen LogP contribution is 2.32. The molecule has 1 aromatic carbocycles. The number of nitrogens with one attached hydrogen (secondary N) is 1. The topological polar surface area (TPSA) is 37.8 Å². The SMILES string of the molecule is Cc1cc2c(Nc3cc(F)ccc3C)nc(Cl)nc2s1. The number of rotatable bonds is 2. The number of nitrogens with zero attached hydrogens (tertiary/aromatic N) is 2. The molecule has 0 radical (unpaired) electrons. The fourth-order valence-corrected chi connectivity index (χ4v) is 3.07. The molecule has 1 N–H and O–H groups in total. The van der Waals surface area contributed by atoms with Gasteiger partial charge in [-0.05, 0) is 49.2 Å². The second kappa shape index (κ2) is 5.00. The van der Waals surface area contributed by atoms with E-state index in [1.165, 1.54) is 12.1 Å². The van der Waals surface area contributed by atoms with Gasteiger partial charge < -0.3 is 5.32 Å². The molecule has 0 aliphatic rings. The molecule has 0 aliphatic heterocycles. The largest absolute Gasteiger partial charge is 0.339 e. The summed E-state index contributed by atoms with van der Waals surface area (Å²) < 4.78 is 13.4. The van der Waals surface area contributed by atoms with E-state index in [2.05, 4.69) is 15.3 Å². The number of hydrogen-bond donors (Lipinski definition) is 1. The Balaban J connectivity index is 2.12. The van der Waals surface area contributed by atoms with Crippen LogP contribution in [0, 0.1) is 19.7 Å². The van der Waals surface area contributed by atoms with E-state index in [0.29, 0.717) is 11.5 Å². The first-order chi connectivity index (χ1) is 9.52. The number of aromatic nitrogens is 2. The molecule has 2 aromatic heterocycles. The van der Waals surface area contributed by atoms with Crippen LogP contribution in [-0.4, -0.2) is 9.97 Å². The minimum absolute atomic E-state index is 0.177. The fraction of sp³-hybridized carbons (Fsp3) is 0.143. The second-order valence-electron chi connectivity index (χ2n) is 4.50. The minimum atomic E-state index is -0.295. The van der Waals surface area contributed by atoms with Crippen molar-refractivity contribution in [2.75, 3.05) is 5.32 Å². The molecule has 0 spiro atoms. The Kier molecular flexibility index (Phi) is 3.31. The van der Waals surface area contributed by atoms with Crippen molar-refractivity contribution < 1.29 is 4.39 Å². The summed E-state index contributed by atoms with van der Waals surface area (Å²) in [5.41, 5.74) is 1.60. The van der Waals surface area contributed by atoms with E-state index >= 15 is 0 Å². The van der Waals surface area contributed by atoms with Crippen molar-refractivity contribution in [2.24, 2.45) is 0 Å². The van der Waals surface area contributed by atoms with Crippen molar-refractivity contribution in [3.05, 3.63) is 45.8 Å². The first-order valence-corrected chi connectivity index (χ1v) is 7.19. The van der Waals surface area contributed by atoms with Gasteiger partial charge in [-0.1, -0.05) is 6.07 Å². The third kappa shape index (κ3) is 2.46. The van der Waals surface area contributed by atoms with Crippen LogP contribution in [-0.2, 0) is 0 Å². The molecule has 3 nitrogen and oxygen atoms in total. The third-order valence-corrected chi connectivity index (χ3v) is 4.05. The molecule has 20 heavy (non-hydrogen) atoms. The van der Waals surface area contributed by atoms with Crippen LogP contribution < -0.4 is 5.32 Å². The van der Waals surface area contributed by atoms with Crippen molar-refractivity contribution in [1.29, 1.82) is 0 Å². The van der Waals surface area contributed by atoms with Crippen molar-refractivity contribution in [3.63, 3.8) is 0 Å². The molecule has 3 aromatic rings. The Morgan fingerprint density at radius 3 is 2.80 bits per heavy atom. The Bertz CT molecular complexity index is 800. The number of halogens is 2. The van der Waals surface area contributed by atoms with Gasteiger partial charge in [0.05, 0.1) is 5.39 Å². The monoisotopic (exact) mass is 307 g/mol. The molecule has 0 saturated heterocycles. The van der Waals surface area contributed by atoms with E-state index in [9.17, 15) is 4.39 Å². The molecule has 0 saturated carbocycles. The molecular weight excluding hydrogens is 297 g/mol. The summed E-state index contributed by atoms with van der Waals surface area (Å²) in [5, 5.41) is 4.21. The number of aryl methyl sites for hydroxylation is 2. The maximum absolute atomic E-state index is 13.4. The van der Waals surface area contributed by atoms with Gasteiger partial charge in [0.1, 0.15) is 16.5 Å². The van der Waals surface area contributed by atoms with Crippen molar-refractivity contribution in [2.45, 2.75) is 13.8 Å². The highest BCUT2D eigenvalue weighted by Gasteiger charge is 2.11.